The van der Waals surface area contributed by atoms with Crippen LogP contribution in [0.3, 0.4) is 0 Å². The molecule has 1 heterocycles. The van der Waals surface area contributed by atoms with Crippen molar-refractivity contribution >= 4 is 13.3 Å². The Kier molecular flexibility index (Phi) is 8.27. The van der Waals surface area contributed by atoms with E-state index in [-0.39, 0.29) is 24.3 Å². The summed E-state index contributed by atoms with van der Waals surface area (Å²) in [4.78, 5) is 26.7. The highest BCUT2D eigenvalue weighted by molar-refractivity contribution is 7.58. The monoisotopic (exact) mass is 525 g/mol. The van der Waals surface area contributed by atoms with Crippen LogP contribution in [-0.4, -0.2) is 44.5 Å². The highest BCUT2D eigenvalue weighted by atomic mass is 31.2. The van der Waals surface area contributed by atoms with E-state index in [1.165, 1.54) is 17.7 Å². The lowest BCUT2D eigenvalue weighted by Gasteiger charge is -2.24. The van der Waals surface area contributed by atoms with Gasteiger partial charge < -0.3 is 15.1 Å². The number of hydrogen-bond donors (Lipinski definition) is 3. The molecule has 196 valence electrons. The number of aromatic nitrogens is 1. The molecule has 0 fully saturated rings. The van der Waals surface area contributed by atoms with E-state index < -0.39 is 32.0 Å². The van der Waals surface area contributed by atoms with Crippen LogP contribution in [0.5, 0.6) is 0 Å². The maximum absolute atomic E-state index is 13.9. The van der Waals surface area contributed by atoms with Gasteiger partial charge >= 0.3 is 5.97 Å². The summed E-state index contributed by atoms with van der Waals surface area (Å²) in [7, 11) is -3.83. The maximum atomic E-state index is 13.9. The topological polar surface area (TPSA) is 108 Å². The maximum Gasteiger partial charge on any atom is 0.305 e. The molecule has 0 aliphatic heterocycles. The summed E-state index contributed by atoms with van der Waals surface area (Å²) in [6, 6.07) is 14.6. The molecule has 1 aliphatic carbocycles. The molecule has 37 heavy (non-hydrogen) atoms. The third-order valence-electron chi connectivity index (χ3n) is 6.87. The van der Waals surface area contributed by atoms with Gasteiger partial charge in [0.1, 0.15) is 5.82 Å². The Balaban J connectivity index is 1.86. The number of aliphatic hydroxyl groups excluding tert-OH is 1. The molecule has 1 aromatic heterocycles. The van der Waals surface area contributed by atoms with Crippen LogP contribution >= 0.6 is 7.37 Å². The van der Waals surface area contributed by atoms with Crippen molar-refractivity contribution in [1.29, 1.82) is 0 Å². The van der Waals surface area contributed by atoms with Crippen LogP contribution < -0.4 is 0 Å². The van der Waals surface area contributed by atoms with E-state index >= 15 is 0 Å². The van der Waals surface area contributed by atoms with Crippen molar-refractivity contribution in [1.82, 2.24) is 4.98 Å². The molecule has 0 amide bonds. The SMILES string of the molecule is CC(C)c1nc2c(c(-c3ccc(F)cc3)c1CCP(=O)(O)C[C@H](O)CC(=O)O)CCCc1ccccc1-2. The minimum Gasteiger partial charge on any atom is -0.481 e. The summed E-state index contributed by atoms with van der Waals surface area (Å²) in [6.45, 7) is 4.06. The third kappa shape index (κ3) is 6.35. The van der Waals surface area contributed by atoms with Crippen molar-refractivity contribution in [2.45, 2.75) is 58.0 Å². The van der Waals surface area contributed by atoms with Crippen molar-refractivity contribution in [2.24, 2.45) is 0 Å². The van der Waals surface area contributed by atoms with Gasteiger partial charge in [0.2, 0.25) is 7.37 Å². The van der Waals surface area contributed by atoms with E-state index in [1.807, 2.05) is 26.0 Å². The summed E-state index contributed by atoms with van der Waals surface area (Å²) in [5.74, 6) is -1.54. The van der Waals surface area contributed by atoms with Crippen molar-refractivity contribution in [2.75, 3.05) is 12.3 Å². The van der Waals surface area contributed by atoms with Gasteiger partial charge in [-0.15, -0.1) is 0 Å². The summed E-state index contributed by atoms with van der Waals surface area (Å²) in [5, 5.41) is 18.9. The quantitative estimate of drug-likeness (QED) is 0.304. The molecule has 3 N–H and O–H groups in total. The first-order valence-electron chi connectivity index (χ1n) is 12.7. The normalized spacial score (nSPS) is 15.4. The van der Waals surface area contributed by atoms with Crippen LogP contribution in [0.15, 0.2) is 48.5 Å². The first kappa shape index (κ1) is 27.2. The molecule has 0 bridgehead atoms. The molecule has 2 aromatic carbocycles. The molecule has 8 heteroatoms. The molecule has 0 saturated heterocycles. The fourth-order valence-corrected chi connectivity index (χ4v) is 6.79. The van der Waals surface area contributed by atoms with E-state index in [9.17, 15) is 23.7 Å². The van der Waals surface area contributed by atoms with Gasteiger partial charge in [0.15, 0.2) is 0 Å². The van der Waals surface area contributed by atoms with Crippen molar-refractivity contribution in [3.63, 3.8) is 0 Å². The minimum absolute atomic E-state index is 0.0191. The Morgan fingerprint density at radius 1 is 1.11 bits per heavy atom. The zero-order valence-electron chi connectivity index (χ0n) is 21.2. The molecule has 0 spiro atoms. The Labute approximate surface area is 216 Å². The number of carbonyl (C=O) groups is 1. The number of aryl methyl sites for hydroxylation is 1. The predicted molar refractivity (Wildman–Crippen MR) is 143 cm³/mol. The number of aliphatic hydroxyl groups is 1. The molecule has 3 aromatic rings. The average molecular weight is 526 g/mol. The fraction of sp³-hybridized carbons (Fsp3) is 0.379. The van der Waals surface area contributed by atoms with E-state index in [0.717, 1.165) is 58.5 Å². The Morgan fingerprint density at radius 3 is 2.49 bits per heavy atom. The minimum atomic E-state index is -3.83. The third-order valence-corrected chi connectivity index (χ3v) is 8.79. The first-order chi connectivity index (χ1) is 17.6. The van der Waals surface area contributed by atoms with Crippen molar-refractivity contribution < 1.29 is 28.9 Å². The summed E-state index contributed by atoms with van der Waals surface area (Å²) < 4.78 is 26.9. The first-order valence-corrected chi connectivity index (χ1v) is 14.7. The second kappa shape index (κ2) is 11.3. The molecular formula is C29H33FNO5P. The molecule has 2 atom stereocenters. The number of benzene rings is 2. The van der Waals surface area contributed by atoms with Gasteiger partial charge in [-0.1, -0.05) is 50.2 Å². The van der Waals surface area contributed by atoms with Crippen molar-refractivity contribution in [3.8, 4) is 22.4 Å². The standard InChI is InChI=1S/C29H33FNO5P/c1-18(2)28-25(14-15-37(35,36)17-22(32)16-26(33)34)27(20-10-12-21(30)13-11-20)24-9-5-7-19-6-3-4-8-23(19)29(24)31-28/h3-4,6,8,10-13,18,22,32H,5,7,9,14-17H2,1-2H3,(H,33,34)(H,35,36)/t22-/m1/s1. The lowest BCUT2D eigenvalue weighted by molar-refractivity contribution is -0.138. The highest BCUT2D eigenvalue weighted by Gasteiger charge is 2.29. The van der Waals surface area contributed by atoms with E-state index in [0.29, 0.717) is 0 Å². The second-order valence-corrected chi connectivity index (χ2v) is 12.6. The lowest BCUT2D eigenvalue weighted by atomic mass is 9.86. The van der Waals surface area contributed by atoms with Gasteiger partial charge in [0, 0.05) is 17.4 Å². The van der Waals surface area contributed by atoms with E-state index in [4.69, 9.17) is 10.1 Å². The largest absolute Gasteiger partial charge is 0.481 e. The van der Waals surface area contributed by atoms with E-state index in [1.54, 1.807) is 12.1 Å². The lowest BCUT2D eigenvalue weighted by Crippen LogP contribution is -2.19. The van der Waals surface area contributed by atoms with Crippen LogP contribution in [-0.2, 0) is 28.6 Å². The molecule has 1 aliphatic rings. The zero-order valence-corrected chi connectivity index (χ0v) is 22.0. The van der Waals surface area contributed by atoms with Gasteiger partial charge in [-0.05, 0) is 71.6 Å². The highest BCUT2D eigenvalue weighted by Crippen LogP contribution is 2.46. The number of carboxylic acid groups (broad SMARTS) is 1. The molecule has 0 saturated carbocycles. The number of hydrogen-bond acceptors (Lipinski definition) is 4. The number of nitrogens with zero attached hydrogens (tertiary/aromatic N) is 1. The number of aliphatic carboxylic acids is 1. The molecule has 4 rings (SSSR count). The number of fused-ring (bicyclic) bond motifs is 3. The number of carboxylic acids is 1. The number of halogens is 1. The predicted octanol–water partition coefficient (Wildman–Crippen LogP) is 5.82. The van der Waals surface area contributed by atoms with Crippen LogP contribution in [0.4, 0.5) is 4.39 Å². The molecular weight excluding hydrogens is 492 g/mol. The van der Waals surface area contributed by atoms with Crippen LogP contribution in [0.2, 0.25) is 0 Å². The van der Waals surface area contributed by atoms with Gasteiger partial charge in [0.05, 0.1) is 24.4 Å². The molecule has 6 nitrogen and oxygen atoms in total. The Hall–Kier alpha value is -2.86. The van der Waals surface area contributed by atoms with E-state index in [2.05, 4.69) is 12.1 Å². The summed E-state index contributed by atoms with van der Waals surface area (Å²) >= 11 is 0. The fourth-order valence-electron chi connectivity index (χ4n) is 5.24. The Bertz CT molecular complexity index is 1340. The van der Waals surface area contributed by atoms with Crippen molar-refractivity contribution in [3.05, 3.63) is 76.7 Å². The molecule has 1 unspecified atom stereocenters. The van der Waals surface area contributed by atoms with Gasteiger partial charge in [-0.3, -0.25) is 14.3 Å². The van der Waals surface area contributed by atoms with Crippen LogP contribution in [0.1, 0.15) is 55.0 Å². The average Bonchev–Trinajstić information content (AvgIpc) is 3.01. The second-order valence-electron chi connectivity index (χ2n) is 10.1. The molecule has 0 radical (unpaired) electrons. The number of pyridine rings is 1. The van der Waals surface area contributed by atoms with Crippen LogP contribution in [0.25, 0.3) is 22.4 Å². The summed E-state index contributed by atoms with van der Waals surface area (Å²) in [6.07, 6.45) is 0.260. The zero-order chi connectivity index (χ0) is 26.7. The number of rotatable bonds is 9. The smallest absolute Gasteiger partial charge is 0.305 e. The summed E-state index contributed by atoms with van der Waals surface area (Å²) in [5.41, 5.74) is 7.69. The van der Waals surface area contributed by atoms with Gasteiger partial charge in [-0.2, -0.15) is 0 Å². The van der Waals surface area contributed by atoms with Crippen LogP contribution in [0, 0.1) is 5.82 Å². The Morgan fingerprint density at radius 2 is 1.81 bits per heavy atom. The van der Waals surface area contributed by atoms with Gasteiger partial charge in [0.25, 0.3) is 0 Å². The van der Waals surface area contributed by atoms with Gasteiger partial charge in [-0.25, -0.2) is 4.39 Å².